The molecule has 21 heavy (non-hydrogen) atoms. The summed E-state index contributed by atoms with van der Waals surface area (Å²) in [5.41, 5.74) is 7.53. The third-order valence-electron chi connectivity index (χ3n) is 4.42. The van der Waals surface area contributed by atoms with E-state index in [1.165, 1.54) is 6.42 Å². The van der Waals surface area contributed by atoms with Gasteiger partial charge in [-0.3, -0.25) is 0 Å². The highest BCUT2D eigenvalue weighted by Crippen LogP contribution is 2.24. The Balaban J connectivity index is 2.12. The molecule has 0 aliphatic heterocycles. The van der Waals surface area contributed by atoms with Gasteiger partial charge in [0.25, 0.3) is 0 Å². The summed E-state index contributed by atoms with van der Waals surface area (Å²) in [4.78, 5) is 0.342. The molecule has 2 unspecified atom stereocenters. The van der Waals surface area contributed by atoms with E-state index < -0.39 is 10.0 Å². The molecule has 0 spiro atoms. The Hall–Kier alpha value is -0.910. The molecule has 1 fully saturated rings. The molecule has 2 atom stereocenters. The summed E-state index contributed by atoms with van der Waals surface area (Å²) < 4.78 is 27.9. The smallest absolute Gasteiger partial charge is 0.240 e. The number of rotatable bonds is 4. The average Bonchev–Trinajstić information content (AvgIpc) is 2.63. The summed E-state index contributed by atoms with van der Waals surface area (Å²) in [6.45, 7) is 4.57. The van der Waals surface area contributed by atoms with Gasteiger partial charge in [-0.05, 0) is 55.4 Å². The molecule has 0 bridgehead atoms. The predicted octanol–water partition coefficient (Wildman–Crippen LogP) is 2.70. The average molecular weight is 310 g/mol. The fourth-order valence-corrected chi connectivity index (χ4v) is 4.35. The Morgan fingerprint density at radius 1 is 1.24 bits per heavy atom. The summed E-state index contributed by atoms with van der Waals surface area (Å²) >= 11 is 0. The molecule has 1 aliphatic rings. The van der Waals surface area contributed by atoms with Gasteiger partial charge in [0, 0.05) is 12.6 Å². The molecular formula is C16H26N2O2S. The van der Waals surface area contributed by atoms with Crippen LogP contribution in [0.3, 0.4) is 0 Å². The first-order valence-corrected chi connectivity index (χ1v) is 9.22. The topological polar surface area (TPSA) is 72.2 Å². The predicted molar refractivity (Wildman–Crippen MR) is 85.4 cm³/mol. The summed E-state index contributed by atoms with van der Waals surface area (Å²) in [6, 6.07) is 5.23. The SMILES string of the molecule is Cc1cc(S(=O)(=O)NC2CCCC(C)CC2)ccc1CN. The Labute approximate surface area is 128 Å². The van der Waals surface area contributed by atoms with Crippen LogP contribution in [0.4, 0.5) is 0 Å². The number of hydrogen-bond acceptors (Lipinski definition) is 3. The minimum Gasteiger partial charge on any atom is -0.326 e. The van der Waals surface area contributed by atoms with E-state index in [1.807, 2.05) is 6.92 Å². The molecule has 0 radical (unpaired) electrons. The molecule has 1 saturated carbocycles. The first-order chi connectivity index (χ1) is 9.92. The van der Waals surface area contributed by atoms with E-state index in [0.717, 1.165) is 36.8 Å². The summed E-state index contributed by atoms with van der Waals surface area (Å²) in [7, 11) is -3.43. The maximum absolute atomic E-state index is 12.5. The highest BCUT2D eigenvalue weighted by Gasteiger charge is 2.23. The molecule has 4 nitrogen and oxygen atoms in total. The Kier molecular flexibility index (Phi) is 5.41. The zero-order chi connectivity index (χ0) is 15.5. The van der Waals surface area contributed by atoms with Crippen molar-refractivity contribution in [3.05, 3.63) is 29.3 Å². The van der Waals surface area contributed by atoms with Crippen LogP contribution in [0.1, 0.15) is 50.2 Å². The minimum atomic E-state index is -3.43. The fraction of sp³-hybridized carbons (Fsp3) is 0.625. The normalized spacial score (nSPS) is 23.8. The van der Waals surface area contributed by atoms with E-state index in [1.54, 1.807) is 18.2 Å². The summed E-state index contributed by atoms with van der Waals surface area (Å²) in [5, 5.41) is 0. The van der Waals surface area contributed by atoms with Gasteiger partial charge in [-0.1, -0.05) is 25.8 Å². The second-order valence-corrected chi connectivity index (χ2v) is 7.94. The van der Waals surface area contributed by atoms with Crippen molar-refractivity contribution in [2.24, 2.45) is 11.7 Å². The van der Waals surface area contributed by atoms with Crippen molar-refractivity contribution >= 4 is 10.0 Å². The number of nitrogens with one attached hydrogen (secondary N) is 1. The van der Waals surface area contributed by atoms with Crippen LogP contribution >= 0.6 is 0 Å². The molecule has 0 amide bonds. The van der Waals surface area contributed by atoms with Gasteiger partial charge in [0.15, 0.2) is 0 Å². The largest absolute Gasteiger partial charge is 0.326 e. The van der Waals surface area contributed by atoms with Crippen LogP contribution in [0, 0.1) is 12.8 Å². The van der Waals surface area contributed by atoms with Crippen LogP contribution in [-0.4, -0.2) is 14.5 Å². The van der Waals surface area contributed by atoms with Gasteiger partial charge in [0.1, 0.15) is 0 Å². The molecule has 1 aromatic rings. The van der Waals surface area contributed by atoms with Gasteiger partial charge in [0.2, 0.25) is 10.0 Å². The summed E-state index contributed by atoms with van der Waals surface area (Å²) in [6.07, 6.45) is 5.25. The maximum Gasteiger partial charge on any atom is 0.240 e. The first-order valence-electron chi connectivity index (χ1n) is 7.74. The van der Waals surface area contributed by atoms with Gasteiger partial charge >= 0.3 is 0 Å². The molecule has 0 heterocycles. The van der Waals surface area contributed by atoms with Gasteiger partial charge < -0.3 is 5.73 Å². The molecule has 1 aromatic carbocycles. The third kappa shape index (κ3) is 4.28. The first kappa shape index (κ1) is 16.5. The van der Waals surface area contributed by atoms with Crippen molar-refractivity contribution in [2.45, 2.75) is 63.4 Å². The monoisotopic (exact) mass is 310 g/mol. The Bertz CT molecular complexity index is 584. The quantitative estimate of drug-likeness (QED) is 0.840. The Morgan fingerprint density at radius 2 is 2.00 bits per heavy atom. The van der Waals surface area contributed by atoms with Crippen LogP contribution in [0.25, 0.3) is 0 Å². The van der Waals surface area contributed by atoms with Crippen LogP contribution in [0.15, 0.2) is 23.1 Å². The molecule has 1 aliphatic carbocycles. The summed E-state index contributed by atoms with van der Waals surface area (Å²) in [5.74, 6) is 0.700. The van der Waals surface area contributed by atoms with Crippen molar-refractivity contribution in [3.63, 3.8) is 0 Å². The number of sulfonamides is 1. The van der Waals surface area contributed by atoms with Crippen molar-refractivity contribution in [1.29, 1.82) is 0 Å². The fourth-order valence-electron chi connectivity index (χ4n) is 2.96. The van der Waals surface area contributed by atoms with Gasteiger partial charge in [0.05, 0.1) is 4.90 Å². The number of nitrogens with two attached hydrogens (primary N) is 1. The standard InChI is InChI=1S/C16H26N2O2S/c1-12-4-3-5-15(8-6-12)18-21(19,20)16-9-7-14(11-17)13(2)10-16/h7,9-10,12,15,18H,3-6,8,11,17H2,1-2H3. The zero-order valence-electron chi connectivity index (χ0n) is 12.9. The zero-order valence-corrected chi connectivity index (χ0v) is 13.7. The van der Waals surface area contributed by atoms with Gasteiger partial charge in [-0.25, -0.2) is 13.1 Å². The molecule has 2 rings (SSSR count). The van der Waals surface area contributed by atoms with Crippen LogP contribution in [-0.2, 0) is 16.6 Å². The van der Waals surface area contributed by atoms with E-state index >= 15 is 0 Å². The maximum atomic E-state index is 12.5. The lowest BCUT2D eigenvalue weighted by Crippen LogP contribution is -2.34. The number of aryl methyl sites for hydroxylation is 1. The lowest BCUT2D eigenvalue weighted by molar-refractivity contribution is 0.484. The number of benzene rings is 1. The van der Waals surface area contributed by atoms with E-state index in [0.29, 0.717) is 17.4 Å². The minimum absolute atomic E-state index is 0.0643. The second-order valence-electron chi connectivity index (χ2n) is 6.22. The molecule has 5 heteroatoms. The van der Waals surface area contributed by atoms with E-state index in [2.05, 4.69) is 11.6 Å². The van der Waals surface area contributed by atoms with Crippen molar-refractivity contribution in [1.82, 2.24) is 4.72 Å². The molecule has 118 valence electrons. The van der Waals surface area contributed by atoms with Crippen molar-refractivity contribution < 1.29 is 8.42 Å². The van der Waals surface area contributed by atoms with Gasteiger partial charge in [-0.2, -0.15) is 0 Å². The molecule has 0 aromatic heterocycles. The van der Waals surface area contributed by atoms with E-state index in [4.69, 9.17) is 5.73 Å². The lowest BCUT2D eigenvalue weighted by Gasteiger charge is -2.17. The van der Waals surface area contributed by atoms with Crippen LogP contribution < -0.4 is 10.5 Å². The second kappa shape index (κ2) is 6.90. The van der Waals surface area contributed by atoms with Crippen molar-refractivity contribution in [3.8, 4) is 0 Å². The van der Waals surface area contributed by atoms with Gasteiger partial charge in [-0.15, -0.1) is 0 Å². The third-order valence-corrected chi connectivity index (χ3v) is 5.94. The highest BCUT2D eigenvalue weighted by molar-refractivity contribution is 7.89. The Morgan fingerprint density at radius 3 is 2.67 bits per heavy atom. The lowest BCUT2D eigenvalue weighted by atomic mass is 10.0. The number of hydrogen-bond donors (Lipinski definition) is 2. The van der Waals surface area contributed by atoms with E-state index in [9.17, 15) is 8.42 Å². The van der Waals surface area contributed by atoms with Crippen LogP contribution in [0.5, 0.6) is 0 Å². The van der Waals surface area contributed by atoms with E-state index in [-0.39, 0.29) is 6.04 Å². The van der Waals surface area contributed by atoms with Crippen LogP contribution in [0.2, 0.25) is 0 Å². The molecule has 0 saturated heterocycles. The molecule has 3 N–H and O–H groups in total. The molecular weight excluding hydrogens is 284 g/mol. The van der Waals surface area contributed by atoms with Crippen molar-refractivity contribution in [2.75, 3.05) is 0 Å². The highest BCUT2D eigenvalue weighted by atomic mass is 32.2.